The first-order chi connectivity index (χ1) is 12.6. The van der Waals surface area contributed by atoms with Crippen LogP contribution in [0.1, 0.15) is 12.8 Å². The molecule has 9 heteroatoms. The van der Waals surface area contributed by atoms with Gasteiger partial charge >= 0.3 is 0 Å². The van der Waals surface area contributed by atoms with Crippen LogP contribution in [0.25, 0.3) is 11.3 Å². The van der Waals surface area contributed by atoms with Crippen LogP contribution in [0.5, 0.6) is 0 Å². The van der Waals surface area contributed by atoms with E-state index >= 15 is 0 Å². The molecule has 0 bridgehead atoms. The number of aryl methyl sites for hydroxylation is 1. The molecule has 0 saturated heterocycles. The van der Waals surface area contributed by atoms with E-state index in [1.165, 1.54) is 12.3 Å². The van der Waals surface area contributed by atoms with Crippen LogP contribution in [-0.4, -0.2) is 30.6 Å². The molecule has 0 unspecified atom stereocenters. The molecule has 1 aliphatic rings. The van der Waals surface area contributed by atoms with Crippen LogP contribution in [0, 0.1) is 11.7 Å². The molecule has 3 aromatic rings. The highest BCUT2D eigenvalue weighted by atomic mass is 19.1. The molecule has 8 nitrogen and oxygen atoms in total. The Labute approximate surface area is 148 Å². The van der Waals surface area contributed by atoms with E-state index < -0.39 is 5.82 Å². The summed E-state index contributed by atoms with van der Waals surface area (Å²) in [5.41, 5.74) is 1.74. The Kier molecular flexibility index (Phi) is 4.04. The Morgan fingerprint density at radius 1 is 1.31 bits per heavy atom. The number of amides is 1. The molecule has 0 radical (unpaired) electrons. The van der Waals surface area contributed by atoms with Gasteiger partial charge in [-0.2, -0.15) is 5.10 Å². The fourth-order valence-corrected chi connectivity index (χ4v) is 2.43. The molecule has 132 valence electrons. The van der Waals surface area contributed by atoms with Gasteiger partial charge in [0, 0.05) is 37.1 Å². The SMILES string of the molecule is Cn1cc(Nc2nccc(-c3cnc(NC(=O)C4CC4)c(F)c3)n2)cn1. The van der Waals surface area contributed by atoms with Gasteiger partial charge in [0.1, 0.15) is 0 Å². The van der Waals surface area contributed by atoms with E-state index in [0.29, 0.717) is 17.2 Å². The Hall–Kier alpha value is -3.36. The molecule has 0 spiro atoms. The number of nitrogens with zero attached hydrogens (tertiary/aromatic N) is 5. The van der Waals surface area contributed by atoms with Crippen LogP contribution < -0.4 is 10.6 Å². The van der Waals surface area contributed by atoms with Gasteiger partial charge in [0.05, 0.1) is 17.6 Å². The zero-order valence-electron chi connectivity index (χ0n) is 14.0. The first-order valence-electron chi connectivity index (χ1n) is 8.14. The van der Waals surface area contributed by atoms with Crippen LogP contribution in [-0.2, 0) is 11.8 Å². The lowest BCUT2D eigenvalue weighted by Gasteiger charge is -2.08. The molecule has 1 aliphatic carbocycles. The molecular formula is C17H16FN7O. The number of anilines is 3. The molecule has 4 rings (SSSR count). The van der Waals surface area contributed by atoms with Crippen molar-refractivity contribution in [3.63, 3.8) is 0 Å². The average Bonchev–Trinajstić information content (AvgIpc) is 3.40. The van der Waals surface area contributed by atoms with Crippen molar-refractivity contribution in [3.05, 3.63) is 42.7 Å². The standard InChI is InChI=1S/C17H16FN7O/c1-25-9-12(8-21-25)22-17-19-5-4-14(23-17)11-6-13(18)15(20-7-11)24-16(26)10-2-3-10/h4-10H,2-3H2,1H3,(H,19,22,23)(H,20,24,26). The van der Waals surface area contributed by atoms with Gasteiger partial charge in [0.15, 0.2) is 11.6 Å². The summed E-state index contributed by atoms with van der Waals surface area (Å²) < 4.78 is 15.9. The lowest BCUT2D eigenvalue weighted by Crippen LogP contribution is -2.15. The fraction of sp³-hybridized carbons (Fsp3) is 0.235. The maximum absolute atomic E-state index is 14.3. The minimum atomic E-state index is -0.600. The number of nitrogens with one attached hydrogen (secondary N) is 2. The van der Waals surface area contributed by atoms with Gasteiger partial charge < -0.3 is 10.6 Å². The summed E-state index contributed by atoms with van der Waals surface area (Å²) in [6.07, 6.45) is 8.17. The summed E-state index contributed by atoms with van der Waals surface area (Å²) in [6.45, 7) is 0. The van der Waals surface area contributed by atoms with Crippen molar-refractivity contribution in [2.75, 3.05) is 10.6 Å². The van der Waals surface area contributed by atoms with E-state index in [0.717, 1.165) is 18.5 Å². The summed E-state index contributed by atoms with van der Waals surface area (Å²) in [7, 11) is 1.81. The van der Waals surface area contributed by atoms with E-state index in [1.807, 2.05) is 0 Å². The number of pyridine rings is 1. The molecule has 0 aliphatic heterocycles. The van der Waals surface area contributed by atoms with Gasteiger partial charge in [0.25, 0.3) is 0 Å². The van der Waals surface area contributed by atoms with Crippen LogP contribution in [0.15, 0.2) is 36.9 Å². The highest BCUT2D eigenvalue weighted by Gasteiger charge is 2.30. The van der Waals surface area contributed by atoms with Gasteiger partial charge in [-0.15, -0.1) is 0 Å². The van der Waals surface area contributed by atoms with Gasteiger partial charge in [0.2, 0.25) is 11.9 Å². The summed E-state index contributed by atoms with van der Waals surface area (Å²) in [5, 5.41) is 9.61. The predicted octanol–water partition coefficient (Wildman–Crippen LogP) is 2.50. The van der Waals surface area contributed by atoms with Crippen LogP contribution in [0.4, 0.5) is 21.8 Å². The van der Waals surface area contributed by atoms with Crippen molar-refractivity contribution in [1.82, 2.24) is 24.7 Å². The molecule has 1 amide bonds. The third-order valence-corrected chi connectivity index (χ3v) is 3.94. The molecule has 0 aromatic carbocycles. The molecule has 1 saturated carbocycles. The molecule has 3 heterocycles. The van der Waals surface area contributed by atoms with Crippen LogP contribution in [0.3, 0.4) is 0 Å². The Balaban J connectivity index is 1.54. The zero-order valence-corrected chi connectivity index (χ0v) is 14.0. The first-order valence-corrected chi connectivity index (χ1v) is 8.14. The van der Waals surface area contributed by atoms with Gasteiger partial charge in [-0.1, -0.05) is 0 Å². The molecular weight excluding hydrogens is 337 g/mol. The number of hydrogen-bond donors (Lipinski definition) is 2. The zero-order chi connectivity index (χ0) is 18.1. The number of halogens is 1. The van der Waals surface area contributed by atoms with Crippen molar-refractivity contribution in [1.29, 1.82) is 0 Å². The lowest BCUT2D eigenvalue weighted by atomic mass is 10.2. The predicted molar refractivity (Wildman–Crippen MR) is 93.1 cm³/mol. The third kappa shape index (κ3) is 3.51. The Morgan fingerprint density at radius 2 is 2.15 bits per heavy atom. The molecule has 26 heavy (non-hydrogen) atoms. The van der Waals surface area contributed by atoms with Crippen LogP contribution >= 0.6 is 0 Å². The fourth-order valence-electron chi connectivity index (χ4n) is 2.43. The second-order valence-electron chi connectivity index (χ2n) is 6.11. The van der Waals surface area contributed by atoms with E-state index in [4.69, 9.17) is 0 Å². The number of hydrogen-bond acceptors (Lipinski definition) is 6. The summed E-state index contributed by atoms with van der Waals surface area (Å²) in [6, 6.07) is 2.96. The van der Waals surface area contributed by atoms with Crippen molar-refractivity contribution in [2.24, 2.45) is 13.0 Å². The normalized spacial score (nSPS) is 13.5. The van der Waals surface area contributed by atoms with Crippen molar-refractivity contribution < 1.29 is 9.18 Å². The van der Waals surface area contributed by atoms with Crippen molar-refractivity contribution in [3.8, 4) is 11.3 Å². The smallest absolute Gasteiger partial charge is 0.228 e. The topological polar surface area (TPSA) is 97.6 Å². The maximum Gasteiger partial charge on any atom is 0.228 e. The second-order valence-corrected chi connectivity index (χ2v) is 6.11. The largest absolute Gasteiger partial charge is 0.321 e. The van der Waals surface area contributed by atoms with E-state index in [-0.39, 0.29) is 17.6 Å². The minimum absolute atomic E-state index is 0.0150. The Bertz CT molecular complexity index is 967. The highest BCUT2D eigenvalue weighted by Crippen LogP contribution is 2.30. The number of rotatable bonds is 5. The molecule has 1 fully saturated rings. The molecule has 3 aromatic heterocycles. The summed E-state index contributed by atoms with van der Waals surface area (Å²) in [4.78, 5) is 24.3. The first kappa shape index (κ1) is 16.1. The van der Waals surface area contributed by atoms with Gasteiger partial charge in [-0.05, 0) is 25.0 Å². The summed E-state index contributed by atoms with van der Waals surface area (Å²) >= 11 is 0. The maximum atomic E-state index is 14.3. The van der Waals surface area contributed by atoms with Crippen molar-refractivity contribution >= 4 is 23.4 Å². The quantitative estimate of drug-likeness (QED) is 0.731. The number of carbonyl (C=O) groups is 1. The van der Waals surface area contributed by atoms with Gasteiger partial charge in [-0.25, -0.2) is 19.3 Å². The molecule has 0 atom stereocenters. The Morgan fingerprint density at radius 3 is 2.85 bits per heavy atom. The third-order valence-electron chi connectivity index (χ3n) is 3.94. The average molecular weight is 353 g/mol. The summed E-state index contributed by atoms with van der Waals surface area (Å²) in [5.74, 6) is -0.500. The van der Waals surface area contributed by atoms with Crippen molar-refractivity contribution in [2.45, 2.75) is 12.8 Å². The van der Waals surface area contributed by atoms with Crippen LogP contribution in [0.2, 0.25) is 0 Å². The van der Waals surface area contributed by atoms with E-state index in [1.54, 1.807) is 36.4 Å². The van der Waals surface area contributed by atoms with E-state index in [2.05, 4.69) is 30.7 Å². The molecule has 2 N–H and O–H groups in total. The second kappa shape index (κ2) is 6.51. The minimum Gasteiger partial charge on any atom is -0.321 e. The van der Waals surface area contributed by atoms with E-state index in [9.17, 15) is 9.18 Å². The lowest BCUT2D eigenvalue weighted by molar-refractivity contribution is -0.117. The number of carbonyl (C=O) groups excluding carboxylic acids is 1. The highest BCUT2D eigenvalue weighted by molar-refractivity contribution is 5.93. The van der Waals surface area contributed by atoms with Gasteiger partial charge in [-0.3, -0.25) is 9.48 Å². The monoisotopic (exact) mass is 353 g/mol. The number of aromatic nitrogens is 5.